The van der Waals surface area contributed by atoms with Crippen LogP contribution in [0.15, 0.2) is 72.4 Å². The van der Waals surface area contributed by atoms with Crippen LogP contribution in [0.5, 0.6) is 0 Å². The molecular weight excluding hydrogens is 330 g/mol. The summed E-state index contributed by atoms with van der Waals surface area (Å²) < 4.78 is 2.08. The zero-order valence-corrected chi connectivity index (χ0v) is 15.0. The molecule has 1 heterocycles. The molecule has 1 atom stereocenters. The van der Waals surface area contributed by atoms with Gasteiger partial charge in [-0.05, 0) is 24.6 Å². The average molecular weight is 351 g/mol. The molecule has 5 heteroatoms. The molecule has 2 aromatic carbocycles. The van der Waals surface area contributed by atoms with Crippen LogP contribution in [0.3, 0.4) is 0 Å². The second kappa shape index (κ2) is 8.03. The number of amides is 1. The molecule has 128 valence electrons. The van der Waals surface area contributed by atoms with Crippen molar-refractivity contribution in [1.29, 1.82) is 0 Å². The largest absolute Gasteiger partial charge is 0.349 e. The van der Waals surface area contributed by atoms with Gasteiger partial charge in [-0.3, -0.25) is 4.79 Å². The molecule has 25 heavy (non-hydrogen) atoms. The lowest BCUT2D eigenvalue weighted by molar-refractivity contribution is -0.119. The number of imidazole rings is 1. The van der Waals surface area contributed by atoms with E-state index in [1.54, 1.807) is 0 Å². The van der Waals surface area contributed by atoms with Crippen molar-refractivity contribution in [3.8, 4) is 0 Å². The number of nitrogens with one attached hydrogen (secondary N) is 1. The lowest BCUT2D eigenvalue weighted by Gasteiger charge is -2.14. The molecule has 0 saturated carbocycles. The number of benzene rings is 2. The van der Waals surface area contributed by atoms with E-state index >= 15 is 0 Å². The SMILES string of the molecule is C=CCn1c(SCC(=O)N[C@@H](C)c2ccccc2)nc2ccccc21. The highest BCUT2D eigenvalue weighted by Crippen LogP contribution is 2.24. The van der Waals surface area contributed by atoms with Crippen molar-refractivity contribution < 1.29 is 4.79 Å². The van der Waals surface area contributed by atoms with Crippen molar-refractivity contribution in [2.45, 2.75) is 24.7 Å². The van der Waals surface area contributed by atoms with Gasteiger partial charge in [-0.2, -0.15) is 0 Å². The van der Waals surface area contributed by atoms with Crippen LogP contribution in [0.4, 0.5) is 0 Å². The quantitative estimate of drug-likeness (QED) is 0.513. The van der Waals surface area contributed by atoms with E-state index in [1.807, 2.05) is 67.6 Å². The summed E-state index contributed by atoms with van der Waals surface area (Å²) >= 11 is 1.45. The molecule has 0 aliphatic heterocycles. The molecule has 1 aromatic heterocycles. The van der Waals surface area contributed by atoms with Crippen molar-refractivity contribution >= 4 is 28.7 Å². The third-order valence-electron chi connectivity index (χ3n) is 3.94. The Balaban J connectivity index is 1.67. The van der Waals surface area contributed by atoms with Crippen LogP contribution in [0.2, 0.25) is 0 Å². The molecule has 4 nitrogen and oxygen atoms in total. The molecule has 1 N–H and O–H groups in total. The van der Waals surface area contributed by atoms with Gasteiger partial charge in [0, 0.05) is 6.54 Å². The monoisotopic (exact) mass is 351 g/mol. The summed E-state index contributed by atoms with van der Waals surface area (Å²) in [5.41, 5.74) is 3.09. The standard InChI is InChI=1S/C20H21N3OS/c1-3-13-23-18-12-8-7-11-17(18)22-20(23)25-14-19(24)21-15(2)16-9-5-4-6-10-16/h3-12,15H,1,13-14H2,2H3,(H,21,24)/t15-/m0/s1. The van der Waals surface area contributed by atoms with Crippen LogP contribution in [0.1, 0.15) is 18.5 Å². The molecule has 0 saturated heterocycles. The van der Waals surface area contributed by atoms with Crippen LogP contribution in [0.25, 0.3) is 11.0 Å². The van der Waals surface area contributed by atoms with Crippen LogP contribution >= 0.6 is 11.8 Å². The van der Waals surface area contributed by atoms with E-state index in [0.717, 1.165) is 21.8 Å². The summed E-state index contributed by atoms with van der Waals surface area (Å²) in [7, 11) is 0. The fourth-order valence-electron chi connectivity index (χ4n) is 2.71. The fraction of sp³-hybridized carbons (Fsp3) is 0.200. The third-order valence-corrected chi connectivity index (χ3v) is 4.92. The van der Waals surface area contributed by atoms with Crippen molar-refractivity contribution in [3.05, 3.63) is 72.8 Å². The smallest absolute Gasteiger partial charge is 0.230 e. The molecule has 0 radical (unpaired) electrons. The van der Waals surface area contributed by atoms with Crippen LogP contribution < -0.4 is 5.32 Å². The van der Waals surface area contributed by atoms with Crippen molar-refractivity contribution in [3.63, 3.8) is 0 Å². The van der Waals surface area contributed by atoms with E-state index in [-0.39, 0.29) is 11.9 Å². The first-order valence-electron chi connectivity index (χ1n) is 8.22. The molecule has 0 spiro atoms. The number of carbonyl (C=O) groups is 1. The van der Waals surface area contributed by atoms with Crippen LogP contribution in [-0.2, 0) is 11.3 Å². The number of rotatable bonds is 7. The first kappa shape index (κ1) is 17.3. The zero-order chi connectivity index (χ0) is 17.6. The molecule has 0 fully saturated rings. The molecule has 0 unspecified atom stereocenters. The van der Waals surface area contributed by atoms with Crippen molar-refractivity contribution in [2.75, 3.05) is 5.75 Å². The lowest BCUT2D eigenvalue weighted by Crippen LogP contribution is -2.28. The maximum atomic E-state index is 12.3. The normalized spacial score (nSPS) is 12.0. The molecule has 0 aliphatic rings. The van der Waals surface area contributed by atoms with E-state index in [0.29, 0.717) is 12.3 Å². The van der Waals surface area contributed by atoms with Gasteiger partial charge < -0.3 is 9.88 Å². The van der Waals surface area contributed by atoms with E-state index in [1.165, 1.54) is 11.8 Å². The predicted molar refractivity (Wildman–Crippen MR) is 104 cm³/mol. The minimum Gasteiger partial charge on any atom is -0.349 e. The summed E-state index contributed by atoms with van der Waals surface area (Å²) in [5, 5.41) is 3.87. The first-order valence-corrected chi connectivity index (χ1v) is 9.21. The lowest BCUT2D eigenvalue weighted by atomic mass is 10.1. The Labute approximate surface area is 152 Å². The highest BCUT2D eigenvalue weighted by atomic mass is 32.2. The van der Waals surface area contributed by atoms with Gasteiger partial charge in [0.15, 0.2) is 5.16 Å². The maximum Gasteiger partial charge on any atom is 0.230 e. The molecule has 3 rings (SSSR count). The number of hydrogen-bond donors (Lipinski definition) is 1. The van der Waals surface area contributed by atoms with Gasteiger partial charge in [-0.15, -0.1) is 6.58 Å². The molecule has 0 bridgehead atoms. The van der Waals surface area contributed by atoms with Crippen LogP contribution in [-0.4, -0.2) is 21.2 Å². The maximum absolute atomic E-state index is 12.3. The molecule has 3 aromatic rings. The fourth-order valence-corrected chi connectivity index (χ4v) is 3.54. The number of allylic oxidation sites excluding steroid dienone is 1. The summed E-state index contributed by atoms with van der Waals surface area (Å²) in [6, 6.07) is 17.9. The number of nitrogens with zero attached hydrogens (tertiary/aromatic N) is 2. The molecular formula is C20H21N3OS. The predicted octanol–water partition coefficient (Wildman–Crippen LogP) is 4.19. The Morgan fingerprint density at radius 2 is 1.96 bits per heavy atom. The van der Waals surface area contributed by atoms with Crippen molar-refractivity contribution in [1.82, 2.24) is 14.9 Å². The van der Waals surface area contributed by atoms with Crippen molar-refractivity contribution in [2.24, 2.45) is 0 Å². The molecule has 0 aliphatic carbocycles. The molecule has 1 amide bonds. The Kier molecular flexibility index (Phi) is 5.56. The summed E-state index contributed by atoms with van der Waals surface area (Å²) in [5.74, 6) is 0.330. The Bertz CT molecular complexity index is 873. The number of hydrogen-bond acceptors (Lipinski definition) is 3. The first-order chi connectivity index (χ1) is 12.2. The van der Waals surface area contributed by atoms with Gasteiger partial charge in [0.05, 0.1) is 22.8 Å². The van der Waals surface area contributed by atoms with E-state index in [4.69, 9.17) is 0 Å². The highest BCUT2D eigenvalue weighted by molar-refractivity contribution is 7.99. The number of thioether (sulfide) groups is 1. The second-order valence-electron chi connectivity index (χ2n) is 5.77. The third kappa shape index (κ3) is 4.12. The van der Waals surface area contributed by atoms with E-state index in [2.05, 4.69) is 21.4 Å². The highest BCUT2D eigenvalue weighted by Gasteiger charge is 2.14. The van der Waals surface area contributed by atoms with E-state index < -0.39 is 0 Å². The Morgan fingerprint density at radius 1 is 1.24 bits per heavy atom. The number of fused-ring (bicyclic) bond motifs is 1. The van der Waals surface area contributed by atoms with E-state index in [9.17, 15) is 4.79 Å². The zero-order valence-electron chi connectivity index (χ0n) is 14.2. The van der Waals surface area contributed by atoms with Gasteiger partial charge in [-0.25, -0.2) is 4.98 Å². The summed E-state index contributed by atoms with van der Waals surface area (Å²) in [6.07, 6.45) is 1.84. The number of carbonyl (C=O) groups excluding carboxylic acids is 1. The topological polar surface area (TPSA) is 46.9 Å². The summed E-state index contributed by atoms with van der Waals surface area (Å²) in [6.45, 7) is 6.48. The second-order valence-corrected chi connectivity index (χ2v) is 6.71. The number of aromatic nitrogens is 2. The average Bonchev–Trinajstić information content (AvgIpc) is 2.99. The minimum absolute atomic E-state index is 0.00133. The number of para-hydroxylation sites is 2. The Hall–Kier alpha value is -2.53. The van der Waals surface area contributed by atoms with Gasteiger partial charge >= 0.3 is 0 Å². The summed E-state index contributed by atoms with van der Waals surface area (Å²) in [4.78, 5) is 16.9. The Morgan fingerprint density at radius 3 is 2.72 bits per heavy atom. The minimum atomic E-state index is -0.0127. The van der Waals surface area contributed by atoms with Gasteiger partial charge in [-0.1, -0.05) is 60.3 Å². The van der Waals surface area contributed by atoms with Gasteiger partial charge in [0.1, 0.15) is 0 Å². The van der Waals surface area contributed by atoms with Crippen LogP contribution in [0, 0.1) is 0 Å². The van der Waals surface area contributed by atoms with Gasteiger partial charge in [0.25, 0.3) is 0 Å². The van der Waals surface area contributed by atoms with Gasteiger partial charge in [0.2, 0.25) is 5.91 Å².